The number of aryl methyl sites for hydroxylation is 1. The molecule has 1 aliphatic heterocycles. The van der Waals surface area contributed by atoms with Crippen LogP contribution in [0.25, 0.3) is 0 Å². The van der Waals surface area contributed by atoms with Gasteiger partial charge in [0.05, 0.1) is 34.1 Å². The molecule has 0 radical (unpaired) electrons. The van der Waals surface area contributed by atoms with Crippen molar-refractivity contribution in [2.45, 2.75) is 32.7 Å². The van der Waals surface area contributed by atoms with Gasteiger partial charge in [-0.25, -0.2) is 8.42 Å². The predicted octanol–water partition coefficient (Wildman–Crippen LogP) is 0.602. The number of hydrogen-bond donors (Lipinski definition) is 1. The van der Waals surface area contributed by atoms with Crippen molar-refractivity contribution in [3.8, 4) is 0 Å². The van der Waals surface area contributed by atoms with Crippen LogP contribution in [0.15, 0.2) is 0 Å². The predicted molar refractivity (Wildman–Crippen MR) is 68.3 cm³/mol. The molecule has 0 aromatic carbocycles. The van der Waals surface area contributed by atoms with E-state index >= 15 is 0 Å². The minimum Gasteiger partial charge on any atom is -0.326 e. The van der Waals surface area contributed by atoms with Crippen LogP contribution in [0.4, 0.5) is 5.69 Å². The number of carbonyl (C=O) groups excluding carboxylic acids is 1. The second-order valence-corrected chi connectivity index (χ2v) is 7.24. The molecule has 0 bridgehead atoms. The molecule has 1 aliphatic rings. The van der Waals surface area contributed by atoms with Gasteiger partial charge in [0.15, 0.2) is 9.84 Å². The largest absolute Gasteiger partial charge is 0.326 e. The first-order chi connectivity index (χ1) is 8.29. The number of hydrogen-bond acceptors (Lipinski definition) is 4. The molecule has 0 saturated carbocycles. The van der Waals surface area contributed by atoms with Crippen LogP contribution >= 0.6 is 0 Å². The molecular formula is C11H17N3O3S. The van der Waals surface area contributed by atoms with Crippen LogP contribution in [-0.4, -0.2) is 36.1 Å². The summed E-state index contributed by atoms with van der Waals surface area (Å²) in [4.78, 5) is 10.5. The molecule has 0 unspecified atom stereocenters. The smallest absolute Gasteiger partial charge is 0.211 e. The summed E-state index contributed by atoms with van der Waals surface area (Å²) < 4.78 is 25.0. The van der Waals surface area contributed by atoms with Gasteiger partial charge in [0.1, 0.15) is 0 Å². The SMILES string of the molecule is Cc1nn([C@@]2(C)CCS(=O)(=O)C2)c(C)c1NC=O. The zero-order valence-corrected chi connectivity index (χ0v) is 11.5. The highest BCUT2D eigenvalue weighted by Gasteiger charge is 2.41. The third-order valence-corrected chi connectivity index (χ3v) is 5.38. The summed E-state index contributed by atoms with van der Waals surface area (Å²) >= 11 is 0. The third kappa shape index (κ3) is 2.03. The average Bonchev–Trinajstić information content (AvgIpc) is 2.70. The second-order valence-electron chi connectivity index (χ2n) is 5.06. The molecule has 1 aromatic heterocycles. The lowest BCUT2D eigenvalue weighted by Crippen LogP contribution is -2.33. The molecule has 1 amide bonds. The van der Waals surface area contributed by atoms with Gasteiger partial charge in [0.2, 0.25) is 6.41 Å². The first-order valence-corrected chi connectivity index (χ1v) is 7.58. The number of nitrogens with one attached hydrogen (secondary N) is 1. The van der Waals surface area contributed by atoms with Crippen molar-refractivity contribution in [1.29, 1.82) is 0 Å². The Balaban J connectivity index is 2.47. The molecule has 1 N–H and O–H groups in total. The Morgan fingerprint density at radius 1 is 1.44 bits per heavy atom. The monoisotopic (exact) mass is 271 g/mol. The van der Waals surface area contributed by atoms with Crippen LogP contribution < -0.4 is 5.32 Å². The van der Waals surface area contributed by atoms with Crippen molar-refractivity contribution in [3.05, 3.63) is 11.4 Å². The molecule has 2 rings (SSSR count). The minimum atomic E-state index is -2.99. The van der Waals surface area contributed by atoms with Gasteiger partial charge in [0, 0.05) is 0 Å². The number of carbonyl (C=O) groups is 1. The Bertz CT molecular complexity index is 591. The third-order valence-electron chi connectivity index (χ3n) is 3.49. The number of amides is 1. The first-order valence-electron chi connectivity index (χ1n) is 5.76. The van der Waals surface area contributed by atoms with Crippen molar-refractivity contribution in [3.63, 3.8) is 0 Å². The molecule has 7 heteroatoms. The van der Waals surface area contributed by atoms with E-state index in [1.807, 2.05) is 13.8 Å². The summed E-state index contributed by atoms with van der Waals surface area (Å²) in [5.74, 6) is 0.292. The Morgan fingerprint density at radius 3 is 2.61 bits per heavy atom. The lowest BCUT2D eigenvalue weighted by Gasteiger charge is -2.24. The van der Waals surface area contributed by atoms with Crippen LogP contribution in [-0.2, 0) is 20.2 Å². The van der Waals surface area contributed by atoms with Crippen LogP contribution in [0.5, 0.6) is 0 Å². The molecule has 1 fully saturated rings. The van der Waals surface area contributed by atoms with Crippen molar-refractivity contribution in [2.75, 3.05) is 16.8 Å². The molecule has 1 atom stereocenters. The molecule has 1 aromatic rings. The van der Waals surface area contributed by atoms with Crippen molar-refractivity contribution in [1.82, 2.24) is 9.78 Å². The van der Waals surface area contributed by atoms with E-state index in [0.717, 1.165) is 5.69 Å². The van der Waals surface area contributed by atoms with Crippen molar-refractivity contribution >= 4 is 21.9 Å². The van der Waals surface area contributed by atoms with E-state index in [1.165, 1.54) is 0 Å². The highest BCUT2D eigenvalue weighted by Crippen LogP contribution is 2.33. The van der Waals surface area contributed by atoms with Gasteiger partial charge >= 0.3 is 0 Å². The van der Waals surface area contributed by atoms with E-state index in [2.05, 4.69) is 10.4 Å². The number of rotatable bonds is 3. The number of sulfone groups is 1. The summed E-state index contributed by atoms with van der Waals surface area (Å²) in [6.07, 6.45) is 1.16. The average molecular weight is 271 g/mol. The van der Waals surface area contributed by atoms with E-state index in [4.69, 9.17) is 0 Å². The van der Waals surface area contributed by atoms with Crippen LogP contribution in [0.1, 0.15) is 24.7 Å². The summed E-state index contributed by atoms with van der Waals surface area (Å²) in [6, 6.07) is 0. The number of nitrogens with zero attached hydrogens (tertiary/aromatic N) is 2. The Hall–Kier alpha value is -1.37. The Morgan fingerprint density at radius 2 is 2.11 bits per heavy atom. The van der Waals surface area contributed by atoms with Gasteiger partial charge in [-0.1, -0.05) is 0 Å². The van der Waals surface area contributed by atoms with Gasteiger partial charge in [-0.2, -0.15) is 5.10 Å². The maximum Gasteiger partial charge on any atom is 0.211 e. The highest BCUT2D eigenvalue weighted by atomic mass is 32.2. The highest BCUT2D eigenvalue weighted by molar-refractivity contribution is 7.91. The molecule has 2 heterocycles. The molecule has 18 heavy (non-hydrogen) atoms. The van der Waals surface area contributed by atoms with E-state index in [9.17, 15) is 13.2 Å². The normalized spacial score (nSPS) is 26.2. The molecule has 1 saturated heterocycles. The Labute approximate surface area is 106 Å². The second kappa shape index (κ2) is 4.08. The fraction of sp³-hybridized carbons (Fsp3) is 0.636. The quantitative estimate of drug-likeness (QED) is 0.816. The van der Waals surface area contributed by atoms with E-state index in [0.29, 0.717) is 24.2 Å². The summed E-state index contributed by atoms with van der Waals surface area (Å²) in [5, 5.41) is 6.99. The van der Waals surface area contributed by atoms with Crippen LogP contribution in [0.2, 0.25) is 0 Å². The summed E-state index contributed by atoms with van der Waals surface area (Å²) in [7, 11) is -2.99. The minimum absolute atomic E-state index is 0.0997. The zero-order valence-electron chi connectivity index (χ0n) is 10.7. The van der Waals surface area contributed by atoms with E-state index in [-0.39, 0.29) is 11.5 Å². The van der Waals surface area contributed by atoms with E-state index < -0.39 is 15.4 Å². The van der Waals surface area contributed by atoms with Crippen LogP contribution in [0.3, 0.4) is 0 Å². The molecule has 100 valence electrons. The lowest BCUT2D eigenvalue weighted by molar-refractivity contribution is -0.105. The molecule has 0 spiro atoms. The van der Waals surface area contributed by atoms with Crippen molar-refractivity contribution < 1.29 is 13.2 Å². The Kier molecular flexibility index (Phi) is 2.96. The zero-order chi connectivity index (χ0) is 13.6. The number of anilines is 1. The van der Waals surface area contributed by atoms with Gasteiger partial charge in [-0.3, -0.25) is 9.48 Å². The van der Waals surface area contributed by atoms with Crippen molar-refractivity contribution in [2.24, 2.45) is 0 Å². The van der Waals surface area contributed by atoms with Gasteiger partial charge in [0.25, 0.3) is 0 Å². The van der Waals surface area contributed by atoms with Gasteiger partial charge < -0.3 is 5.32 Å². The fourth-order valence-electron chi connectivity index (χ4n) is 2.60. The van der Waals surface area contributed by atoms with Gasteiger partial charge in [-0.05, 0) is 27.2 Å². The fourth-order valence-corrected chi connectivity index (χ4v) is 4.71. The topological polar surface area (TPSA) is 81.1 Å². The maximum absolute atomic E-state index is 11.6. The molecule has 0 aliphatic carbocycles. The number of aromatic nitrogens is 2. The summed E-state index contributed by atoms with van der Waals surface area (Å²) in [5.41, 5.74) is 1.64. The maximum atomic E-state index is 11.6. The lowest BCUT2D eigenvalue weighted by atomic mass is 10.0. The molecule has 6 nitrogen and oxygen atoms in total. The first kappa shape index (κ1) is 13.1. The standard InChI is InChI=1S/C11H17N3O3S/c1-8-10(12-7-15)9(2)14(13-8)11(3)4-5-18(16,17)6-11/h7H,4-6H2,1-3H3,(H,12,15)/t11-/m0/s1. The van der Waals surface area contributed by atoms with Gasteiger partial charge in [-0.15, -0.1) is 0 Å². The van der Waals surface area contributed by atoms with E-state index in [1.54, 1.807) is 11.6 Å². The van der Waals surface area contributed by atoms with Crippen LogP contribution in [0, 0.1) is 13.8 Å². The summed E-state index contributed by atoms with van der Waals surface area (Å²) in [6.45, 7) is 5.52. The molecular weight excluding hydrogens is 254 g/mol.